The highest BCUT2D eigenvalue weighted by Gasteiger charge is 2.13. The lowest BCUT2D eigenvalue weighted by Gasteiger charge is -2.09. The number of anilines is 1. The number of rotatable bonds is 5. The third-order valence-electron chi connectivity index (χ3n) is 2.86. The summed E-state index contributed by atoms with van der Waals surface area (Å²) in [6.07, 6.45) is 6.94. The number of aromatic nitrogens is 3. The van der Waals surface area contributed by atoms with E-state index in [9.17, 15) is 0 Å². The average molecular weight is 246 g/mol. The van der Waals surface area contributed by atoms with E-state index in [0.29, 0.717) is 6.42 Å². The van der Waals surface area contributed by atoms with Crippen molar-refractivity contribution < 1.29 is 4.74 Å². The number of pyridine rings is 1. The Hall–Kier alpha value is -2.04. The minimum absolute atomic E-state index is 0.683. The van der Waals surface area contributed by atoms with Gasteiger partial charge in [0.15, 0.2) is 5.75 Å². The van der Waals surface area contributed by atoms with Crippen LogP contribution >= 0.6 is 0 Å². The molecular formula is C13H18N4O. The van der Waals surface area contributed by atoms with E-state index in [0.717, 1.165) is 35.7 Å². The zero-order valence-corrected chi connectivity index (χ0v) is 10.8. The molecule has 0 radical (unpaired) electrons. The third kappa shape index (κ3) is 2.45. The molecule has 0 bridgehead atoms. The van der Waals surface area contributed by atoms with Gasteiger partial charge in [0.25, 0.3) is 0 Å². The van der Waals surface area contributed by atoms with Crippen LogP contribution in [0.1, 0.15) is 24.6 Å². The van der Waals surface area contributed by atoms with E-state index in [1.807, 2.05) is 10.7 Å². The Bertz CT molecular complexity index is 521. The maximum atomic E-state index is 5.94. The second-order valence-electron chi connectivity index (χ2n) is 4.13. The molecule has 5 heteroatoms. The van der Waals surface area contributed by atoms with Crippen LogP contribution in [0.4, 0.5) is 5.69 Å². The smallest absolute Gasteiger partial charge is 0.160 e. The first-order valence-corrected chi connectivity index (χ1v) is 6.03. The maximum Gasteiger partial charge on any atom is 0.160 e. The fraction of sp³-hybridized carbons (Fsp3) is 0.385. The number of aryl methyl sites for hydroxylation is 1. The number of nitrogens with zero attached hydrogens (tertiary/aromatic N) is 3. The normalized spacial score (nSPS) is 10.6. The quantitative estimate of drug-likeness (QED) is 0.874. The molecule has 0 aliphatic carbocycles. The molecule has 2 aromatic heterocycles. The molecule has 0 saturated heterocycles. The molecule has 0 atom stereocenters. The number of nitrogen functional groups attached to an aromatic ring is 1. The maximum absolute atomic E-state index is 5.94. The summed E-state index contributed by atoms with van der Waals surface area (Å²) in [6.45, 7) is 3.00. The van der Waals surface area contributed by atoms with Crippen LogP contribution in [-0.2, 0) is 13.0 Å². The molecule has 0 aliphatic rings. The van der Waals surface area contributed by atoms with E-state index in [1.165, 1.54) is 0 Å². The van der Waals surface area contributed by atoms with Crippen molar-refractivity contribution in [2.75, 3.05) is 12.8 Å². The second-order valence-corrected chi connectivity index (χ2v) is 4.13. The predicted octanol–water partition coefficient (Wildman–Crippen LogP) is 1.87. The van der Waals surface area contributed by atoms with E-state index in [2.05, 4.69) is 17.0 Å². The molecule has 0 fully saturated rings. The van der Waals surface area contributed by atoms with Gasteiger partial charge in [-0.1, -0.05) is 6.92 Å². The monoisotopic (exact) mass is 246 g/mol. The van der Waals surface area contributed by atoms with E-state index >= 15 is 0 Å². The van der Waals surface area contributed by atoms with Gasteiger partial charge in [0.1, 0.15) is 0 Å². The topological polar surface area (TPSA) is 66.0 Å². The van der Waals surface area contributed by atoms with Gasteiger partial charge in [-0.3, -0.25) is 9.67 Å². The minimum Gasteiger partial charge on any atom is -0.493 e. The Kier molecular flexibility index (Phi) is 3.82. The third-order valence-corrected chi connectivity index (χ3v) is 2.86. The van der Waals surface area contributed by atoms with Crippen molar-refractivity contribution in [3.8, 4) is 5.75 Å². The molecule has 0 spiro atoms. The van der Waals surface area contributed by atoms with Crippen LogP contribution in [0.2, 0.25) is 0 Å². The van der Waals surface area contributed by atoms with Gasteiger partial charge >= 0.3 is 0 Å². The largest absolute Gasteiger partial charge is 0.493 e. The molecular weight excluding hydrogens is 228 g/mol. The lowest BCUT2D eigenvalue weighted by atomic mass is 10.1. The number of methoxy groups -OCH3 is 1. The van der Waals surface area contributed by atoms with Gasteiger partial charge in [0.05, 0.1) is 19.0 Å². The molecule has 0 aliphatic heterocycles. The standard InChI is InChI=1S/C13H18N4O/c1-3-6-17-12(13(18-2)9-16-17)7-10-8-15-5-4-11(10)14/h4-5,8-9H,3,6-7H2,1-2H3,(H2,14,15). The van der Waals surface area contributed by atoms with E-state index in [4.69, 9.17) is 10.5 Å². The summed E-state index contributed by atoms with van der Waals surface area (Å²) < 4.78 is 7.30. The Balaban J connectivity index is 2.32. The first-order chi connectivity index (χ1) is 8.76. The van der Waals surface area contributed by atoms with Crippen molar-refractivity contribution in [3.63, 3.8) is 0 Å². The fourth-order valence-electron chi connectivity index (χ4n) is 1.91. The fourth-order valence-corrected chi connectivity index (χ4v) is 1.91. The number of hydrogen-bond acceptors (Lipinski definition) is 4. The summed E-state index contributed by atoms with van der Waals surface area (Å²) in [6, 6.07) is 1.81. The summed E-state index contributed by atoms with van der Waals surface area (Å²) in [5.41, 5.74) is 8.72. The molecule has 96 valence electrons. The molecule has 0 amide bonds. The minimum atomic E-state index is 0.683. The molecule has 2 N–H and O–H groups in total. The van der Waals surface area contributed by atoms with Crippen molar-refractivity contribution >= 4 is 5.69 Å². The molecule has 5 nitrogen and oxygen atoms in total. The van der Waals surface area contributed by atoms with Gasteiger partial charge in [-0.05, 0) is 18.1 Å². The zero-order valence-electron chi connectivity index (χ0n) is 10.8. The Morgan fingerprint density at radius 3 is 2.89 bits per heavy atom. The first kappa shape index (κ1) is 12.4. The van der Waals surface area contributed by atoms with Gasteiger partial charge in [-0.25, -0.2) is 0 Å². The summed E-state index contributed by atoms with van der Waals surface area (Å²) in [5.74, 6) is 0.798. The molecule has 2 aromatic rings. The Morgan fingerprint density at radius 1 is 1.39 bits per heavy atom. The Labute approximate surface area is 107 Å². The second kappa shape index (κ2) is 5.53. The molecule has 0 unspecified atom stereocenters. The predicted molar refractivity (Wildman–Crippen MR) is 70.5 cm³/mol. The first-order valence-electron chi connectivity index (χ1n) is 6.03. The van der Waals surface area contributed by atoms with Crippen LogP contribution in [0.3, 0.4) is 0 Å². The van der Waals surface area contributed by atoms with E-state index in [-0.39, 0.29) is 0 Å². The Morgan fingerprint density at radius 2 is 2.22 bits per heavy atom. The van der Waals surface area contributed by atoms with E-state index in [1.54, 1.807) is 25.7 Å². The summed E-state index contributed by atoms with van der Waals surface area (Å²) in [5, 5.41) is 4.33. The van der Waals surface area contributed by atoms with Crippen molar-refractivity contribution in [2.45, 2.75) is 26.3 Å². The van der Waals surface area contributed by atoms with Gasteiger partial charge in [-0.2, -0.15) is 5.10 Å². The summed E-state index contributed by atoms with van der Waals surface area (Å²) >= 11 is 0. The lowest BCUT2D eigenvalue weighted by molar-refractivity contribution is 0.408. The molecule has 2 rings (SSSR count). The lowest BCUT2D eigenvalue weighted by Crippen LogP contribution is -2.07. The van der Waals surface area contributed by atoms with Gasteiger partial charge in [0, 0.05) is 31.0 Å². The summed E-state index contributed by atoms with van der Waals surface area (Å²) in [4.78, 5) is 4.11. The van der Waals surface area contributed by atoms with Crippen molar-refractivity contribution in [1.29, 1.82) is 0 Å². The molecule has 0 saturated carbocycles. The molecule has 0 aromatic carbocycles. The summed E-state index contributed by atoms with van der Waals surface area (Å²) in [7, 11) is 1.66. The van der Waals surface area contributed by atoms with Crippen molar-refractivity contribution in [2.24, 2.45) is 0 Å². The zero-order chi connectivity index (χ0) is 13.0. The van der Waals surface area contributed by atoms with Gasteiger partial charge in [0.2, 0.25) is 0 Å². The van der Waals surface area contributed by atoms with Crippen LogP contribution in [0, 0.1) is 0 Å². The molecule has 18 heavy (non-hydrogen) atoms. The SMILES string of the molecule is CCCn1ncc(OC)c1Cc1cnccc1N. The van der Waals surface area contributed by atoms with E-state index < -0.39 is 0 Å². The van der Waals surface area contributed by atoms with Crippen LogP contribution in [-0.4, -0.2) is 21.9 Å². The average Bonchev–Trinajstić information content (AvgIpc) is 2.75. The van der Waals surface area contributed by atoms with Gasteiger partial charge < -0.3 is 10.5 Å². The van der Waals surface area contributed by atoms with Crippen LogP contribution in [0.15, 0.2) is 24.7 Å². The highest BCUT2D eigenvalue weighted by atomic mass is 16.5. The van der Waals surface area contributed by atoms with Gasteiger partial charge in [-0.15, -0.1) is 0 Å². The van der Waals surface area contributed by atoms with Crippen LogP contribution in [0.5, 0.6) is 5.75 Å². The van der Waals surface area contributed by atoms with Crippen LogP contribution < -0.4 is 10.5 Å². The number of nitrogens with two attached hydrogens (primary N) is 1. The highest BCUT2D eigenvalue weighted by molar-refractivity contribution is 5.47. The number of hydrogen-bond donors (Lipinski definition) is 1. The van der Waals surface area contributed by atoms with Crippen molar-refractivity contribution in [3.05, 3.63) is 35.9 Å². The highest BCUT2D eigenvalue weighted by Crippen LogP contribution is 2.23. The van der Waals surface area contributed by atoms with Crippen LogP contribution in [0.25, 0.3) is 0 Å². The number of ether oxygens (including phenoxy) is 1. The molecule has 2 heterocycles. The van der Waals surface area contributed by atoms with Crippen molar-refractivity contribution in [1.82, 2.24) is 14.8 Å².